The molecule has 3 aromatic rings. The van der Waals surface area contributed by atoms with E-state index in [4.69, 9.17) is 13.9 Å². The van der Waals surface area contributed by atoms with Crippen molar-refractivity contribution in [2.75, 3.05) is 7.11 Å². The lowest BCUT2D eigenvalue weighted by molar-refractivity contribution is 0.0699. The van der Waals surface area contributed by atoms with Crippen LogP contribution in [0.2, 0.25) is 0 Å². The van der Waals surface area contributed by atoms with Crippen LogP contribution in [0, 0.1) is 0 Å². The molecule has 22 heavy (non-hydrogen) atoms. The Morgan fingerprint density at radius 3 is 2.73 bits per heavy atom. The van der Waals surface area contributed by atoms with E-state index in [1.54, 1.807) is 31.4 Å². The molecular weight excluding hydrogens is 284 g/mol. The predicted molar refractivity (Wildman–Crippen MR) is 80.5 cm³/mol. The van der Waals surface area contributed by atoms with E-state index in [0.29, 0.717) is 28.0 Å². The van der Waals surface area contributed by atoms with Crippen LogP contribution in [0.15, 0.2) is 53.1 Å². The van der Waals surface area contributed by atoms with Gasteiger partial charge in [-0.3, -0.25) is 0 Å². The molecule has 0 saturated heterocycles. The van der Waals surface area contributed by atoms with E-state index < -0.39 is 5.97 Å². The third kappa shape index (κ3) is 2.61. The number of methoxy groups -OCH3 is 1. The fourth-order valence-corrected chi connectivity index (χ4v) is 2.29. The van der Waals surface area contributed by atoms with Crippen molar-refractivity contribution in [2.45, 2.75) is 6.61 Å². The highest BCUT2D eigenvalue weighted by Crippen LogP contribution is 2.27. The minimum absolute atomic E-state index is 0.204. The first-order chi connectivity index (χ1) is 10.7. The van der Waals surface area contributed by atoms with Crippen LogP contribution < -0.4 is 9.47 Å². The van der Waals surface area contributed by atoms with Gasteiger partial charge in [-0.05, 0) is 24.3 Å². The van der Waals surface area contributed by atoms with Gasteiger partial charge in [0.1, 0.15) is 23.7 Å². The van der Waals surface area contributed by atoms with Crippen molar-refractivity contribution in [2.24, 2.45) is 0 Å². The minimum atomic E-state index is -0.991. The molecule has 0 spiro atoms. The molecule has 0 radical (unpaired) electrons. The Bertz CT molecular complexity index is 819. The molecule has 3 rings (SSSR count). The molecule has 0 amide bonds. The molecule has 1 N–H and O–H groups in total. The number of furan rings is 1. The van der Waals surface area contributed by atoms with Gasteiger partial charge in [-0.15, -0.1) is 0 Å². The molecule has 0 aliphatic rings. The summed E-state index contributed by atoms with van der Waals surface area (Å²) in [7, 11) is 1.59. The van der Waals surface area contributed by atoms with Crippen LogP contribution >= 0.6 is 0 Å². The molecule has 0 bridgehead atoms. The lowest BCUT2D eigenvalue weighted by atomic mass is 10.1. The standard InChI is InChI=1S/C17H14O5/c1-20-12-4-2-5-13(8-12)21-9-11-10-22-15-7-3-6-14(16(11)15)17(18)19/h2-8,10H,9H2,1H3,(H,18,19). The van der Waals surface area contributed by atoms with Gasteiger partial charge in [0, 0.05) is 17.0 Å². The lowest BCUT2D eigenvalue weighted by Crippen LogP contribution is -2.00. The van der Waals surface area contributed by atoms with Crippen molar-refractivity contribution >= 4 is 16.9 Å². The first-order valence-corrected chi connectivity index (χ1v) is 6.68. The third-order valence-corrected chi connectivity index (χ3v) is 3.34. The number of rotatable bonds is 5. The normalized spacial score (nSPS) is 10.6. The van der Waals surface area contributed by atoms with Crippen LogP contribution in [0.25, 0.3) is 11.0 Å². The number of fused-ring (bicyclic) bond motifs is 1. The van der Waals surface area contributed by atoms with Crippen LogP contribution in [0.5, 0.6) is 11.5 Å². The van der Waals surface area contributed by atoms with Crippen molar-refractivity contribution in [3.05, 3.63) is 59.9 Å². The average Bonchev–Trinajstić information content (AvgIpc) is 2.96. The molecule has 0 aliphatic heterocycles. The largest absolute Gasteiger partial charge is 0.497 e. The SMILES string of the molecule is COc1cccc(OCc2coc3cccc(C(=O)O)c23)c1. The Morgan fingerprint density at radius 2 is 1.95 bits per heavy atom. The quantitative estimate of drug-likeness (QED) is 0.777. The maximum atomic E-state index is 11.3. The second-order valence-electron chi connectivity index (χ2n) is 4.71. The van der Waals surface area contributed by atoms with Gasteiger partial charge in [-0.25, -0.2) is 4.79 Å². The summed E-state index contributed by atoms with van der Waals surface area (Å²) in [6, 6.07) is 12.2. The molecule has 1 aromatic heterocycles. The zero-order valence-electron chi connectivity index (χ0n) is 11.9. The maximum Gasteiger partial charge on any atom is 0.336 e. The van der Waals surface area contributed by atoms with Crippen LogP contribution in [-0.4, -0.2) is 18.2 Å². The van der Waals surface area contributed by atoms with E-state index in [0.717, 1.165) is 0 Å². The highest BCUT2D eigenvalue weighted by Gasteiger charge is 2.15. The van der Waals surface area contributed by atoms with Crippen molar-refractivity contribution < 1.29 is 23.8 Å². The molecule has 0 aliphatic carbocycles. The van der Waals surface area contributed by atoms with Crippen molar-refractivity contribution in [3.8, 4) is 11.5 Å². The zero-order valence-corrected chi connectivity index (χ0v) is 11.9. The number of hydrogen-bond acceptors (Lipinski definition) is 4. The second kappa shape index (κ2) is 5.81. The van der Waals surface area contributed by atoms with E-state index in [9.17, 15) is 9.90 Å². The third-order valence-electron chi connectivity index (χ3n) is 3.34. The summed E-state index contributed by atoms with van der Waals surface area (Å²) in [4.78, 5) is 11.3. The molecule has 1 heterocycles. The van der Waals surface area contributed by atoms with Crippen LogP contribution in [0.3, 0.4) is 0 Å². The number of carbonyl (C=O) groups is 1. The molecule has 5 heteroatoms. The van der Waals surface area contributed by atoms with Crippen molar-refractivity contribution in [3.63, 3.8) is 0 Å². The Hall–Kier alpha value is -2.95. The van der Waals surface area contributed by atoms with E-state index in [-0.39, 0.29) is 12.2 Å². The summed E-state index contributed by atoms with van der Waals surface area (Å²) in [6.07, 6.45) is 1.53. The zero-order chi connectivity index (χ0) is 15.5. The van der Waals surface area contributed by atoms with Gasteiger partial charge in [0.25, 0.3) is 0 Å². The average molecular weight is 298 g/mol. The highest BCUT2D eigenvalue weighted by atomic mass is 16.5. The van der Waals surface area contributed by atoms with E-state index in [2.05, 4.69) is 0 Å². The van der Waals surface area contributed by atoms with Gasteiger partial charge in [-0.1, -0.05) is 12.1 Å². The number of benzene rings is 2. The van der Waals surface area contributed by atoms with E-state index >= 15 is 0 Å². The van der Waals surface area contributed by atoms with Gasteiger partial charge in [0.05, 0.1) is 18.9 Å². The number of aromatic carboxylic acids is 1. The molecule has 0 saturated carbocycles. The Balaban J connectivity index is 1.89. The topological polar surface area (TPSA) is 68.9 Å². The van der Waals surface area contributed by atoms with Gasteiger partial charge in [0.2, 0.25) is 0 Å². The molecule has 0 unspecified atom stereocenters. The lowest BCUT2D eigenvalue weighted by Gasteiger charge is -2.07. The maximum absolute atomic E-state index is 11.3. The summed E-state index contributed by atoms with van der Waals surface area (Å²) in [5.41, 5.74) is 1.43. The highest BCUT2D eigenvalue weighted by molar-refractivity contribution is 6.03. The summed E-state index contributed by atoms with van der Waals surface area (Å²) >= 11 is 0. The molecule has 5 nitrogen and oxygen atoms in total. The molecular formula is C17H14O5. The summed E-state index contributed by atoms with van der Waals surface area (Å²) < 4.78 is 16.2. The minimum Gasteiger partial charge on any atom is -0.497 e. The monoisotopic (exact) mass is 298 g/mol. The van der Waals surface area contributed by atoms with Gasteiger partial charge in [-0.2, -0.15) is 0 Å². The predicted octanol–water partition coefficient (Wildman–Crippen LogP) is 3.72. The van der Waals surface area contributed by atoms with E-state index in [1.807, 2.05) is 18.2 Å². The fourth-order valence-electron chi connectivity index (χ4n) is 2.29. The van der Waals surface area contributed by atoms with Crippen LogP contribution in [0.4, 0.5) is 0 Å². The number of carboxylic acids is 1. The number of carboxylic acid groups (broad SMARTS) is 1. The van der Waals surface area contributed by atoms with Crippen molar-refractivity contribution in [1.29, 1.82) is 0 Å². The number of hydrogen-bond donors (Lipinski definition) is 1. The molecule has 2 aromatic carbocycles. The summed E-state index contributed by atoms with van der Waals surface area (Å²) in [5, 5.41) is 9.85. The first-order valence-electron chi connectivity index (χ1n) is 6.68. The molecule has 0 atom stereocenters. The van der Waals surface area contributed by atoms with Crippen molar-refractivity contribution in [1.82, 2.24) is 0 Å². The Labute approximate surface area is 126 Å². The second-order valence-corrected chi connectivity index (χ2v) is 4.71. The Morgan fingerprint density at radius 1 is 1.18 bits per heavy atom. The first kappa shape index (κ1) is 14.0. The molecule has 112 valence electrons. The molecule has 0 fully saturated rings. The number of ether oxygens (including phenoxy) is 2. The van der Waals surface area contributed by atoms with Gasteiger partial charge in [0.15, 0.2) is 0 Å². The van der Waals surface area contributed by atoms with E-state index in [1.165, 1.54) is 6.26 Å². The van der Waals surface area contributed by atoms with Crippen LogP contribution in [-0.2, 0) is 6.61 Å². The summed E-state index contributed by atoms with van der Waals surface area (Å²) in [6.45, 7) is 0.213. The van der Waals surface area contributed by atoms with Gasteiger partial charge >= 0.3 is 5.97 Å². The summed E-state index contributed by atoms with van der Waals surface area (Å²) in [5.74, 6) is 0.344. The van der Waals surface area contributed by atoms with Crippen LogP contribution in [0.1, 0.15) is 15.9 Å². The smallest absolute Gasteiger partial charge is 0.336 e. The Kier molecular flexibility index (Phi) is 3.70. The fraction of sp³-hybridized carbons (Fsp3) is 0.118. The van der Waals surface area contributed by atoms with Gasteiger partial charge < -0.3 is 19.0 Å².